The highest BCUT2D eigenvalue weighted by molar-refractivity contribution is 7.15. The largest absolute Gasteiger partial charge is 0.396 e. The molecule has 3 heterocycles. The van der Waals surface area contributed by atoms with E-state index >= 15 is 0 Å². The Hall–Kier alpha value is -1.11. The molecule has 5 nitrogen and oxygen atoms in total. The molecule has 0 radical (unpaired) electrons. The number of hydrogen-bond donors (Lipinski definition) is 2. The van der Waals surface area contributed by atoms with Crippen molar-refractivity contribution in [2.24, 2.45) is 5.92 Å². The normalized spacial score (nSPS) is 19.2. The smallest absolute Gasteiger partial charge is 0.195 e. The van der Waals surface area contributed by atoms with Crippen molar-refractivity contribution in [3.63, 3.8) is 0 Å². The highest BCUT2D eigenvalue weighted by Crippen LogP contribution is 2.30. The molecule has 2 aromatic heterocycles. The van der Waals surface area contributed by atoms with Crippen LogP contribution in [0.25, 0.3) is 4.96 Å². The summed E-state index contributed by atoms with van der Waals surface area (Å²) < 4.78 is 2.20. The monoisotopic (exact) mass is 308 g/mol. The van der Waals surface area contributed by atoms with E-state index < -0.39 is 0 Å². The van der Waals surface area contributed by atoms with Gasteiger partial charge in [0.1, 0.15) is 0 Å². The second kappa shape index (κ2) is 6.34. The number of nitrogens with zero attached hydrogens (tertiary/aromatic N) is 3. The zero-order chi connectivity index (χ0) is 14.8. The summed E-state index contributed by atoms with van der Waals surface area (Å²) in [6.45, 7) is 7.52. The van der Waals surface area contributed by atoms with Gasteiger partial charge >= 0.3 is 0 Å². The molecule has 3 rings (SSSR count). The Morgan fingerprint density at radius 3 is 3.14 bits per heavy atom. The molecular formula is C15H24N4OS. The molecule has 0 spiro atoms. The number of anilines is 1. The van der Waals surface area contributed by atoms with Gasteiger partial charge in [0.15, 0.2) is 10.8 Å². The average Bonchev–Trinajstić information content (AvgIpc) is 3.11. The maximum Gasteiger partial charge on any atom is 0.195 e. The van der Waals surface area contributed by atoms with Crippen LogP contribution >= 0.6 is 11.3 Å². The first-order valence-corrected chi connectivity index (χ1v) is 8.60. The van der Waals surface area contributed by atoms with Gasteiger partial charge in [-0.05, 0) is 18.8 Å². The Labute approximate surface area is 129 Å². The fourth-order valence-corrected chi connectivity index (χ4v) is 3.71. The molecule has 0 saturated carbocycles. The molecule has 116 valence electrons. The number of nitrogens with one attached hydrogen (secondary N) is 1. The van der Waals surface area contributed by atoms with Crippen LogP contribution in [0.1, 0.15) is 32.4 Å². The minimum Gasteiger partial charge on any atom is -0.396 e. The van der Waals surface area contributed by atoms with Gasteiger partial charge in [-0.3, -0.25) is 4.40 Å². The van der Waals surface area contributed by atoms with Gasteiger partial charge in [-0.1, -0.05) is 13.8 Å². The number of aromatic nitrogens is 2. The van der Waals surface area contributed by atoms with Crippen molar-refractivity contribution in [1.82, 2.24) is 14.7 Å². The van der Waals surface area contributed by atoms with Crippen molar-refractivity contribution in [3.8, 4) is 0 Å². The van der Waals surface area contributed by atoms with Gasteiger partial charge < -0.3 is 15.3 Å². The van der Waals surface area contributed by atoms with E-state index in [1.54, 1.807) is 11.3 Å². The molecule has 0 amide bonds. The lowest BCUT2D eigenvalue weighted by molar-refractivity contribution is 0.263. The lowest BCUT2D eigenvalue weighted by Gasteiger charge is -2.18. The molecule has 6 heteroatoms. The summed E-state index contributed by atoms with van der Waals surface area (Å²) >= 11 is 1.68. The first-order chi connectivity index (χ1) is 10.2. The first kappa shape index (κ1) is 14.8. The second-order valence-corrected chi connectivity index (χ2v) is 6.96. The number of imidazole rings is 1. The van der Waals surface area contributed by atoms with Crippen LogP contribution in [-0.4, -0.2) is 40.2 Å². The van der Waals surface area contributed by atoms with Crippen molar-refractivity contribution in [3.05, 3.63) is 17.3 Å². The maximum absolute atomic E-state index is 9.12. The standard InChI is InChI=1S/C15H24N4OS/c1-11(2)16-9-13-14(17-15-19(13)6-8-21-15)18-5-3-12(10-18)4-7-20/h6,8,11-12,16,20H,3-5,7,9-10H2,1-2H3. The van der Waals surface area contributed by atoms with Crippen LogP contribution < -0.4 is 10.2 Å². The van der Waals surface area contributed by atoms with Crippen molar-refractivity contribution >= 4 is 22.1 Å². The van der Waals surface area contributed by atoms with Crippen molar-refractivity contribution in [2.45, 2.75) is 39.3 Å². The molecule has 2 aromatic rings. The van der Waals surface area contributed by atoms with Gasteiger partial charge in [-0.15, -0.1) is 11.3 Å². The van der Waals surface area contributed by atoms with Gasteiger partial charge in [0.2, 0.25) is 0 Å². The summed E-state index contributed by atoms with van der Waals surface area (Å²) in [7, 11) is 0. The third-order valence-corrected chi connectivity index (χ3v) is 4.90. The summed E-state index contributed by atoms with van der Waals surface area (Å²) in [4.78, 5) is 8.28. The van der Waals surface area contributed by atoms with Gasteiger partial charge in [-0.25, -0.2) is 4.98 Å². The molecule has 2 N–H and O–H groups in total. The minimum atomic E-state index is 0.290. The van der Waals surface area contributed by atoms with Crippen LogP contribution in [0.3, 0.4) is 0 Å². The average molecular weight is 308 g/mol. The van der Waals surface area contributed by atoms with E-state index in [0.29, 0.717) is 18.6 Å². The number of thiazole rings is 1. The predicted octanol–water partition coefficient (Wildman–Crippen LogP) is 2.10. The number of fused-ring (bicyclic) bond motifs is 1. The van der Waals surface area contributed by atoms with Gasteiger partial charge in [-0.2, -0.15) is 0 Å². The number of hydrogen-bond acceptors (Lipinski definition) is 5. The molecule has 1 saturated heterocycles. The van der Waals surface area contributed by atoms with Crippen LogP contribution in [0.5, 0.6) is 0 Å². The molecule has 1 atom stereocenters. The van der Waals surface area contributed by atoms with Crippen molar-refractivity contribution < 1.29 is 5.11 Å². The molecule has 1 fully saturated rings. The molecular weight excluding hydrogens is 284 g/mol. The second-order valence-electron chi connectivity index (χ2n) is 6.09. The molecule has 1 unspecified atom stereocenters. The maximum atomic E-state index is 9.12. The zero-order valence-electron chi connectivity index (χ0n) is 12.7. The van der Waals surface area contributed by atoms with Crippen molar-refractivity contribution in [1.29, 1.82) is 0 Å². The van der Waals surface area contributed by atoms with Crippen molar-refractivity contribution in [2.75, 3.05) is 24.6 Å². The lowest BCUT2D eigenvalue weighted by atomic mass is 10.1. The van der Waals surface area contributed by atoms with E-state index in [-0.39, 0.29) is 0 Å². The van der Waals surface area contributed by atoms with E-state index in [4.69, 9.17) is 10.1 Å². The lowest BCUT2D eigenvalue weighted by Crippen LogP contribution is -2.26. The quantitative estimate of drug-likeness (QED) is 0.858. The molecule has 21 heavy (non-hydrogen) atoms. The number of rotatable bonds is 6. The van der Waals surface area contributed by atoms with Crippen LogP contribution in [0, 0.1) is 5.92 Å². The van der Waals surface area contributed by atoms with Crippen LogP contribution in [0.15, 0.2) is 11.6 Å². The van der Waals surface area contributed by atoms with Crippen LogP contribution in [-0.2, 0) is 6.54 Å². The van der Waals surface area contributed by atoms with E-state index in [1.807, 2.05) is 0 Å². The Morgan fingerprint density at radius 2 is 2.38 bits per heavy atom. The Bertz CT molecular complexity index is 592. The topological polar surface area (TPSA) is 52.8 Å². The van der Waals surface area contributed by atoms with Gasteiger partial charge in [0.05, 0.1) is 5.69 Å². The highest BCUT2D eigenvalue weighted by Gasteiger charge is 2.27. The fraction of sp³-hybridized carbons (Fsp3) is 0.667. The van der Waals surface area contributed by atoms with E-state index in [9.17, 15) is 0 Å². The first-order valence-electron chi connectivity index (χ1n) is 7.72. The summed E-state index contributed by atoms with van der Waals surface area (Å²) in [5.74, 6) is 1.72. The Morgan fingerprint density at radius 1 is 1.52 bits per heavy atom. The van der Waals surface area contributed by atoms with Crippen LogP contribution in [0.4, 0.5) is 5.82 Å². The Balaban J connectivity index is 1.83. The fourth-order valence-electron chi connectivity index (χ4n) is 2.98. The summed E-state index contributed by atoms with van der Waals surface area (Å²) in [5, 5.41) is 14.7. The Kier molecular flexibility index (Phi) is 4.47. The molecule has 0 aliphatic carbocycles. The SMILES string of the molecule is CC(C)NCc1c(N2CCC(CCO)C2)nc2sccn12. The van der Waals surface area contributed by atoms with Gasteiger partial charge in [0.25, 0.3) is 0 Å². The van der Waals surface area contributed by atoms with E-state index in [2.05, 4.69) is 40.0 Å². The third-order valence-electron chi connectivity index (χ3n) is 4.14. The molecule has 0 bridgehead atoms. The molecule has 1 aliphatic rings. The highest BCUT2D eigenvalue weighted by atomic mass is 32.1. The molecule has 0 aromatic carbocycles. The summed E-state index contributed by atoms with van der Waals surface area (Å²) in [5.41, 5.74) is 1.25. The summed E-state index contributed by atoms with van der Waals surface area (Å²) in [6, 6.07) is 0.461. The van der Waals surface area contributed by atoms with E-state index in [1.165, 1.54) is 5.69 Å². The van der Waals surface area contributed by atoms with Crippen LogP contribution in [0.2, 0.25) is 0 Å². The number of aliphatic hydroxyl groups excluding tert-OH is 1. The molecule has 1 aliphatic heterocycles. The third kappa shape index (κ3) is 3.07. The number of aliphatic hydroxyl groups is 1. The predicted molar refractivity (Wildman–Crippen MR) is 87.1 cm³/mol. The zero-order valence-corrected chi connectivity index (χ0v) is 13.6. The van der Waals surface area contributed by atoms with E-state index in [0.717, 1.165) is 43.3 Å². The van der Waals surface area contributed by atoms with Gasteiger partial charge in [0, 0.05) is 43.9 Å². The minimum absolute atomic E-state index is 0.290. The summed E-state index contributed by atoms with van der Waals surface area (Å²) in [6.07, 6.45) is 4.16.